The number of anilines is 1. The van der Waals surface area contributed by atoms with Gasteiger partial charge in [0.15, 0.2) is 0 Å². The molecule has 0 amide bonds. The van der Waals surface area contributed by atoms with Gasteiger partial charge in [0.2, 0.25) is 0 Å². The summed E-state index contributed by atoms with van der Waals surface area (Å²) in [5.41, 5.74) is 8.52. The van der Waals surface area contributed by atoms with E-state index in [1.807, 2.05) is 12.1 Å². The molecule has 0 aromatic heterocycles. The van der Waals surface area contributed by atoms with E-state index in [2.05, 4.69) is 94.9 Å². The van der Waals surface area contributed by atoms with Crippen molar-refractivity contribution in [3.05, 3.63) is 101 Å². The van der Waals surface area contributed by atoms with Crippen molar-refractivity contribution in [2.75, 3.05) is 17.9 Å². The first-order valence-corrected chi connectivity index (χ1v) is 17.0. The Hall–Kier alpha value is -2.41. The molecule has 0 aliphatic carbocycles. The average molecular weight is 629 g/mol. The number of carbonyl (C=O) groups is 1. The van der Waals surface area contributed by atoms with Gasteiger partial charge in [0.1, 0.15) is 0 Å². The van der Waals surface area contributed by atoms with E-state index >= 15 is 0 Å². The summed E-state index contributed by atoms with van der Waals surface area (Å²) in [5.74, 6) is -0.343. The van der Waals surface area contributed by atoms with Crippen molar-refractivity contribution in [2.24, 2.45) is 0 Å². The molecule has 1 unspecified atom stereocenters. The molecule has 7 heteroatoms. The van der Waals surface area contributed by atoms with Crippen LogP contribution >= 0.6 is 40.2 Å². The lowest BCUT2D eigenvalue weighted by Gasteiger charge is -2.19. The third kappa shape index (κ3) is 7.09. The molecule has 0 spiro atoms. The van der Waals surface area contributed by atoms with Crippen molar-refractivity contribution < 1.29 is 9.53 Å². The maximum Gasteiger partial charge on any atom is 0.330 e. The first-order valence-electron chi connectivity index (χ1n) is 11.6. The normalized spacial score (nSPS) is 12.1. The number of carbonyl (C=O) groups excluding carboxylic acids is 1. The summed E-state index contributed by atoms with van der Waals surface area (Å²) in [7, 11) is 0. The van der Waals surface area contributed by atoms with Gasteiger partial charge in [-0.15, -0.1) is 11.8 Å². The van der Waals surface area contributed by atoms with E-state index in [1.54, 1.807) is 24.8 Å². The van der Waals surface area contributed by atoms with Gasteiger partial charge < -0.3 is 15.2 Å². The van der Waals surface area contributed by atoms with Crippen molar-refractivity contribution in [2.45, 2.75) is 25.2 Å². The zero-order valence-corrected chi connectivity index (χ0v) is 24.6. The first kappa shape index (κ1) is 28.2. The first-order chi connectivity index (χ1) is 17.6. The Morgan fingerprint density at radius 3 is 2.44 bits per heavy atom. The second-order valence-corrected chi connectivity index (χ2v) is 10.7. The van der Waals surface area contributed by atoms with Crippen LogP contribution in [0.5, 0.6) is 0 Å². The Morgan fingerprint density at radius 1 is 1.08 bits per heavy atom. The number of hydrogen-bond acceptors (Lipinski definition) is 5. The quantitative estimate of drug-likeness (QED) is 0.0424. The molecule has 0 bridgehead atoms. The summed E-state index contributed by atoms with van der Waals surface area (Å²) in [6.45, 7) is 4.34. The Balaban J connectivity index is 2.20. The molecule has 186 valence electrons. The molecule has 0 fully saturated rings. The zero-order valence-electron chi connectivity index (χ0n) is 20.6. The van der Waals surface area contributed by atoms with E-state index in [0.29, 0.717) is 13.0 Å². The molecule has 0 radical (unpaired) electrons. The predicted molar refractivity (Wildman–Crippen MR) is 167 cm³/mol. The number of benzene rings is 3. The van der Waals surface area contributed by atoms with E-state index in [-0.39, 0.29) is 5.97 Å². The van der Waals surface area contributed by atoms with Crippen LogP contribution in [0.3, 0.4) is 0 Å². The predicted octanol–water partition coefficient (Wildman–Crippen LogP) is 8.71. The minimum Gasteiger partial charge on any atom is -0.463 e. The fourth-order valence-electron chi connectivity index (χ4n) is 4.03. The Kier molecular flexibility index (Phi) is 11.2. The smallest absolute Gasteiger partial charge is 0.330 e. The largest absolute Gasteiger partial charge is 0.463 e. The highest BCUT2D eigenvalue weighted by atomic mass is 127. The fraction of sp³-hybridized carbons (Fsp3) is 0.172. The van der Waals surface area contributed by atoms with Gasteiger partial charge in [0.25, 0.3) is 0 Å². The van der Waals surface area contributed by atoms with Crippen molar-refractivity contribution in [1.82, 2.24) is 0 Å². The third-order valence-corrected chi connectivity index (χ3v) is 7.63. The molecule has 4 nitrogen and oxygen atoms in total. The number of hydrogen-bond donors (Lipinski definition) is 2. The summed E-state index contributed by atoms with van der Waals surface area (Å²) in [6, 6.07) is 23.0. The SMILES string of the molecule is CCOC(=O)/C=C/c1ccc(/C(=C(/CC)c2ccccc2SC)c2ccc(NPI)c(C=N)c2)cc1. The molecule has 0 aliphatic rings. The lowest BCUT2D eigenvalue weighted by Crippen LogP contribution is -1.99. The van der Waals surface area contributed by atoms with Gasteiger partial charge in [0, 0.05) is 34.8 Å². The van der Waals surface area contributed by atoms with Crippen LogP contribution in [0.2, 0.25) is 0 Å². The molecule has 0 saturated heterocycles. The van der Waals surface area contributed by atoms with E-state index in [1.165, 1.54) is 28.3 Å². The standard InChI is InChI=1S/C29H30IN2O2PS/c1-4-24(25-8-6-7-9-27(25)36-3)29(22-15-16-26(32-35-30)23(18-22)19-31)21-13-10-20(11-14-21)12-17-28(33)34-5-2/h6-19,31-32,35H,4-5H2,1-3H3/b17-12+,29-24+,31-19?. The van der Waals surface area contributed by atoms with Crippen LogP contribution in [-0.4, -0.2) is 25.0 Å². The Morgan fingerprint density at radius 2 is 1.81 bits per heavy atom. The summed E-state index contributed by atoms with van der Waals surface area (Å²) in [5, 5.41) is 11.4. The molecule has 36 heavy (non-hydrogen) atoms. The summed E-state index contributed by atoms with van der Waals surface area (Å²) in [4.78, 5) is 12.9. The van der Waals surface area contributed by atoms with E-state index < -0.39 is 0 Å². The van der Waals surface area contributed by atoms with E-state index in [4.69, 9.17) is 10.1 Å². The molecular weight excluding hydrogens is 598 g/mol. The zero-order chi connectivity index (χ0) is 25.9. The molecule has 1 atom stereocenters. The lowest BCUT2D eigenvalue weighted by atomic mass is 9.87. The summed E-state index contributed by atoms with van der Waals surface area (Å²) in [6.07, 6.45) is 8.12. The van der Waals surface area contributed by atoms with E-state index in [9.17, 15) is 4.79 Å². The van der Waals surface area contributed by atoms with Crippen LogP contribution in [0, 0.1) is 5.41 Å². The molecule has 3 aromatic rings. The second-order valence-electron chi connectivity index (χ2n) is 7.78. The lowest BCUT2D eigenvalue weighted by molar-refractivity contribution is -0.137. The van der Waals surface area contributed by atoms with Gasteiger partial charge in [-0.1, -0.05) is 55.5 Å². The molecule has 2 N–H and O–H groups in total. The maximum atomic E-state index is 11.7. The highest BCUT2D eigenvalue weighted by Crippen LogP contribution is 2.39. The van der Waals surface area contributed by atoms with Crippen molar-refractivity contribution in [1.29, 1.82) is 5.41 Å². The number of halogens is 1. The number of thioether (sulfide) groups is 1. The summed E-state index contributed by atoms with van der Waals surface area (Å²) >= 11 is 4.05. The van der Waals surface area contributed by atoms with Gasteiger partial charge in [-0.25, -0.2) is 4.79 Å². The van der Waals surface area contributed by atoms with Gasteiger partial charge in [-0.3, -0.25) is 0 Å². The van der Waals surface area contributed by atoms with Gasteiger partial charge in [-0.2, -0.15) is 0 Å². The average Bonchev–Trinajstić information content (AvgIpc) is 2.91. The van der Waals surface area contributed by atoms with Gasteiger partial charge in [0.05, 0.1) is 6.61 Å². The molecule has 3 rings (SSSR count). The van der Waals surface area contributed by atoms with Crippen molar-refractivity contribution in [3.8, 4) is 0 Å². The van der Waals surface area contributed by atoms with E-state index in [0.717, 1.165) is 39.9 Å². The monoisotopic (exact) mass is 628 g/mol. The van der Waals surface area contributed by atoms with Crippen LogP contribution in [0.1, 0.15) is 48.1 Å². The van der Waals surface area contributed by atoms with Gasteiger partial charge in [-0.05, 0) is 99.3 Å². The van der Waals surface area contributed by atoms with Gasteiger partial charge >= 0.3 is 5.97 Å². The number of nitrogens with one attached hydrogen (secondary N) is 2. The molecule has 0 aliphatic heterocycles. The van der Waals surface area contributed by atoms with Crippen LogP contribution in [0.15, 0.2) is 77.7 Å². The highest BCUT2D eigenvalue weighted by molar-refractivity contribution is 14.2. The topological polar surface area (TPSA) is 62.2 Å². The fourth-order valence-corrected chi connectivity index (χ4v) is 5.86. The molecule has 0 heterocycles. The van der Waals surface area contributed by atoms with Crippen molar-refractivity contribution in [3.63, 3.8) is 0 Å². The van der Waals surface area contributed by atoms with Crippen LogP contribution < -0.4 is 5.09 Å². The number of ether oxygens (including phenoxy) is 1. The minimum atomic E-state index is -0.343. The van der Waals surface area contributed by atoms with Crippen molar-refractivity contribution >= 4 is 75.3 Å². The molecular formula is C29H30IN2O2PS. The van der Waals surface area contributed by atoms with Crippen LogP contribution in [0.4, 0.5) is 5.69 Å². The minimum absolute atomic E-state index is 0.343. The second kappa shape index (κ2) is 14.4. The Bertz CT molecular complexity index is 1270. The molecule has 0 saturated carbocycles. The third-order valence-electron chi connectivity index (χ3n) is 5.66. The number of esters is 1. The Labute approximate surface area is 232 Å². The molecule has 3 aromatic carbocycles. The maximum absolute atomic E-state index is 11.7. The van der Waals surface area contributed by atoms with Crippen LogP contribution in [0.25, 0.3) is 17.2 Å². The number of rotatable bonds is 11. The number of allylic oxidation sites excluding steroid dienone is 1. The highest BCUT2D eigenvalue weighted by Gasteiger charge is 2.16. The summed E-state index contributed by atoms with van der Waals surface area (Å²) < 4.78 is 4.99. The van der Waals surface area contributed by atoms with Crippen LogP contribution in [-0.2, 0) is 9.53 Å².